The van der Waals surface area contributed by atoms with Gasteiger partial charge in [0.15, 0.2) is 0 Å². The van der Waals surface area contributed by atoms with E-state index in [9.17, 15) is 22.8 Å². The molecule has 1 aromatic carbocycles. The fraction of sp³-hybridized carbons (Fsp3) is 0.278. The summed E-state index contributed by atoms with van der Waals surface area (Å²) < 4.78 is 43.1. The zero-order valence-electron chi connectivity index (χ0n) is 13.7. The van der Waals surface area contributed by atoms with Crippen LogP contribution in [0.4, 0.5) is 13.2 Å². The van der Waals surface area contributed by atoms with E-state index in [1.807, 2.05) is 0 Å². The van der Waals surface area contributed by atoms with Gasteiger partial charge in [-0.15, -0.1) is 0 Å². The van der Waals surface area contributed by atoms with Crippen molar-refractivity contribution in [3.8, 4) is 11.1 Å². The standard InChI is InChI=1S/C18H16F3N3O2/c19-14-9-12(11-3-5-23-6-4-11)8-13(10-14)17(26)24-7-1-2-15(16(22)25)18(24,20)21/h3-6,8-10,15H,1-2,7H2,(H2,22,25). The smallest absolute Gasteiger partial charge is 0.339 e. The van der Waals surface area contributed by atoms with Crippen LogP contribution in [0.1, 0.15) is 23.2 Å². The Bertz CT molecular complexity index is 843. The monoisotopic (exact) mass is 363 g/mol. The van der Waals surface area contributed by atoms with Crippen LogP contribution in [0.5, 0.6) is 0 Å². The largest absolute Gasteiger partial charge is 0.369 e. The van der Waals surface area contributed by atoms with E-state index >= 15 is 0 Å². The lowest BCUT2D eigenvalue weighted by molar-refractivity contribution is -0.187. The average molecular weight is 363 g/mol. The Balaban J connectivity index is 1.97. The second-order valence-corrected chi connectivity index (χ2v) is 6.11. The maximum absolute atomic E-state index is 14.5. The summed E-state index contributed by atoms with van der Waals surface area (Å²) in [5, 5.41) is 0. The summed E-state index contributed by atoms with van der Waals surface area (Å²) in [5.74, 6) is -4.69. The van der Waals surface area contributed by atoms with Crippen LogP contribution in [0.3, 0.4) is 0 Å². The number of rotatable bonds is 3. The quantitative estimate of drug-likeness (QED) is 0.852. The van der Waals surface area contributed by atoms with Crippen molar-refractivity contribution < 1.29 is 22.8 Å². The lowest BCUT2D eigenvalue weighted by Crippen LogP contribution is -2.57. The molecular weight excluding hydrogens is 347 g/mol. The van der Waals surface area contributed by atoms with Gasteiger partial charge in [-0.1, -0.05) is 0 Å². The van der Waals surface area contributed by atoms with Crippen molar-refractivity contribution >= 4 is 11.8 Å². The number of carbonyl (C=O) groups is 2. The van der Waals surface area contributed by atoms with E-state index in [4.69, 9.17) is 5.73 Å². The number of carbonyl (C=O) groups excluding carboxylic acids is 2. The molecule has 0 bridgehead atoms. The summed E-state index contributed by atoms with van der Waals surface area (Å²) in [4.78, 5) is 28.1. The molecule has 2 aromatic rings. The van der Waals surface area contributed by atoms with Crippen LogP contribution in [0, 0.1) is 11.7 Å². The lowest BCUT2D eigenvalue weighted by Gasteiger charge is -2.39. The highest BCUT2D eigenvalue weighted by Crippen LogP contribution is 2.37. The van der Waals surface area contributed by atoms with E-state index in [2.05, 4.69) is 4.98 Å². The van der Waals surface area contributed by atoms with Crippen LogP contribution in [0.25, 0.3) is 11.1 Å². The highest BCUT2D eigenvalue weighted by molar-refractivity contribution is 5.96. The number of halogens is 3. The number of pyridine rings is 1. The molecule has 2 amide bonds. The predicted molar refractivity (Wildman–Crippen MR) is 87.5 cm³/mol. The highest BCUT2D eigenvalue weighted by atomic mass is 19.3. The summed E-state index contributed by atoms with van der Waals surface area (Å²) >= 11 is 0. The number of hydrogen-bond acceptors (Lipinski definition) is 3. The summed E-state index contributed by atoms with van der Waals surface area (Å²) in [6.45, 7) is -0.239. The molecular formula is C18H16F3N3O2. The summed E-state index contributed by atoms with van der Waals surface area (Å²) in [6.07, 6.45) is 3.11. The third kappa shape index (κ3) is 3.26. The zero-order chi connectivity index (χ0) is 18.9. The molecule has 1 atom stereocenters. The molecule has 5 nitrogen and oxygen atoms in total. The molecule has 2 heterocycles. The van der Waals surface area contributed by atoms with Crippen molar-refractivity contribution in [1.82, 2.24) is 9.88 Å². The van der Waals surface area contributed by atoms with Crippen molar-refractivity contribution in [2.45, 2.75) is 18.9 Å². The molecule has 2 N–H and O–H groups in total. The molecule has 1 aliphatic rings. The average Bonchev–Trinajstić information content (AvgIpc) is 2.60. The Morgan fingerprint density at radius 3 is 2.50 bits per heavy atom. The summed E-state index contributed by atoms with van der Waals surface area (Å²) in [7, 11) is 0. The fourth-order valence-corrected chi connectivity index (χ4v) is 3.09. The van der Waals surface area contributed by atoms with Crippen molar-refractivity contribution in [2.24, 2.45) is 11.7 Å². The first kappa shape index (κ1) is 17.9. The third-order valence-corrected chi connectivity index (χ3v) is 4.40. The maximum atomic E-state index is 14.5. The predicted octanol–water partition coefficient (Wildman–Crippen LogP) is 2.82. The number of amides is 2. The Morgan fingerprint density at radius 2 is 1.85 bits per heavy atom. The number of likely N-dealkylation sites (tertiary alicyclic amines) is 1. The van der Waals surface area contributed by atoms with Crippen molar-refractivity contribution in [3.63, 3.8) is 0 Å². The molecule has 1 fully saturated rings. The molecule has 136 valence electrons. The van der Waals surface area contributed by atoms with Crippen LogP contribution >= 0.6 is 0 Å². The van der Waals surface area contributed by atoms with Gasteiger partial charge in [-0.3, -0.25) is 19.5 Å². The number of nitrogens with zero attached hydrogens (tertiary/aromatic N) is 2. The second kappa shape index (κ2) is 6.78. The van der Waals surface area contributed by atoms with Crippen molar-refractivity contribution in [1.29, 1.82) is 0 Å². The van der Waals surface area contributed by atoms with E-state index in [0.29, 0.717) is 16.0 Å². The number of hydrogen-bond donors (Lipinski definition) is 1. The minimum Gasteiger partial charge on any atom is -0.369 e. The first-order valence-electron chi connectivity index (χ1n) is 8.01. The molecule has 1 unspecified atom stereocenters. The summed E-state index contributed by atoms with van der Waals surface area (Å²) in [6, 6.07) is 2.95. The SMILES string of the molecule is NC(=O)C1CCCN(C(=O)c2cc(F)cc(-c3ccncc3)c2)C1(F)F. The molecule has 26 heavy (non-hydrogen) atoms. The van der Waals surface area contributed by atoms with E-state index in [-0.39, 0.29) is 24.9 Å². The minimum absolute atomic E-state index is 0.0997. The van der Waals surface area contributed by atoms with Gasteiger partial charge in [-0.2, -0.15) is 8.78 Å². The summed E-state index contributed by atoms with van der Waals surface area (Å²) in [5.41, 5.74) is 5.78. The topological polar surface area (TPSA) is 76.3 Å². The van der Waals surface area contributed by atoms with Crippen molar-refractivity contribution in [2.75, 3.05) is 6.54 Å². The lowest BCUT2D eigenvalue weighted by atomic mass is 9.93. The number of benzene rings is 1. The van der Waals surface area contributed by atoms with E-state index < -0.39 is 29.6 Å². The molecule has 0 saturated carbocycles. The maximum Gasteiger partial charge on any atom is 0.339 e. The van der Waals surface area contributed by atoms with Crippen LogP contribution < -0.4 is 5.73 Å². The molecule has 0 radical (unpaired) electrons. The highest BCUT2D eigenvalue weighted by Gasteiger charge is 2.52. The Labute approximate surface area is 147 Å². The van der Waals surface area contributed by atoms with Crippen LogP contribution in [0.15, 0.2) is 42.7 Å². The number of aromatic nitrogens is 1. The molecule has 0 aliphatic carbocycles. The van der Waals surface area contributed by atoms with E-state index in [0.717, 1.165) is 6.07 Å². The first-order chi connectivity index (χ1) is 12.3. The number of primary amides is 1. The second-order valence-electron chi connectivity index (χ2n) is 6.11. The zero-order valence-corrected chi connectivity index (χ0v) is 13.7. The normalized spacial score (nSPS) is 19.2. The van der Waals surface area contributed by atoms with Gasteiger partial charge in [0.05, 0.1) is 0 Å². The van der Waals surface area contributed by atoms with Gasteiger partial charge in [-0.05, 0) is 54.3 Å². The minimum atomic E-state index is -3.72. The first-order valence-corrected chi connectivity index (χ1v) is 8.01. The fourth-order valence-electron chi connectivity index (χ4n) is 3.09. The third-order valence-electron chi connectivity index (χ3n) is 4.40. The van der Waals surface area contributed by atoms with Gasteiger partial charge in [-0.25, -0.2) is 4.39 Å². The van der Waals surface area contributed by atoms with E-state index in [1.165, 1.54) is 24.5 Å². The number of alkyl halides is 2. The van der Waals surface area contributed by atoms with Gasteiger partial charge in [0.1, 0.15) is 11.7 Å². The van der Waals surface area contributed by atoms with Gasteiger partial charge < -0.3 is 5.73 Å². The Morgan fingerprint density at radius 1 is 1.15 bits per heavy atom. The van der Waals surface area contributed by atoms with Crippen LogP contribution in [0.2, 0.25) is 0 Å². The van der Waals surface area contributed by atoms with Gasteiger partial charge >= 0.3 is 6.05 Å². The molecule has 1 aliphatic heterocycles. The molecule has 1 aromatic heterocycles. The van der Waals surface area contributed by atoms with Crippen molar-refractivity contribution in [3.05, 3.63) is 54.1 Å². The Kier molecular flexibility index (Phi) is 4.67. The number of nitrogens with two attached hydrogens (primary N) is 1. The van der Waals surface area contributed by atoms with Gasteiger partial charge in [0.25, 0.3) is 5.91 Å². The van der Waals surface area contributed by atoms with Gasteiger partial charge in [0, 0.05) is 24.5 Å². The molecule has 3 rings (SSSR count). The Hall–Kier alpha value is -2.90. The van der Waals surface area contributed by atoms with E-state index in [1.54, 1.807) is 12.1 Å². The van der Waals surface area contributed by atoms with Gasteiger partial charge in [0.2, 0.25) is 5.91 Å². The molecule has 1 saturated heterocycles. The molecule has 8 heteroatoms. The number of piperidine rings is 1. The van der Waals surface area contributed by atoms with Crippen LogP contribution in [-0.4, -0.2) is 34.3 Å². The van der Waals surface area contributed by atoms with Crippen LogP contribution in [-0.2, 0) is 4.79 Å². The molecule has 0 spiro atoms.